The summed E-state index contributed by atoms with van der Waals surface area (Å²) in [4.78, 5) is 8.85. The molecule has 0 spiro atoms. The van der Waals surface area contributed by atoms with E-state index in [1.807, 2.05) is 6.20 Å². The first kappa shape index (κ1) is 11.2. The monoisotopic (exact) mass is 240 g/mol. The highest BCUT2D eigenvalue weighted by Gasteiger charge is 2.12. The lowest BCUT2D eigenvalue weighted by atomic mass is 10.1. The van der Waals surface area contributed by atoms with E-state index < -0.39 is 0 Å². The first-order chi connectivity index (χ1) is 8.72. The molecule has 4 nitrogen and oxygen atoms in total. The Morgan fingerprint density at radius 1 is 1.17 bits per heavy atom. The number of aromatic nitrogens is 2. The molecule has 0 saturated heterocycles. The van der Waals surface area contributed by atoms with Crippen LogP contribution in [-0.4, -0.2) is 9.97 Å². The van der Waals surface area contributed by atoms with Crippen LogP contribution in [0.2, 0.25) is 0 Å². The van der Waals surface area contributed by atoms with Crippen molar-refractivity contribution < 1.29 is 0 Å². The van der Waals surface area contributed by atoms with Crippen molar-refractivity contribution in [3.63, 3.8) is 0 Å². The lowest BCUT2D eigenvalue weighted by Gasteiger charge is -2.08. The molecule has 3 rings (SSSR count). The lowest BCUT2D eigenvalue weighted by molar-refractivity contribution is 0.758. The summed E-state index contributed by atoms with van der Waals surface area (Å²) in [6, 6.07) is 6.27. The van der Waals surface area contributed by atoms with Crippen LogP contribution in [0.1, 0.15) is 22.4 Å². The van der Waals surface area contributed by atoms with Crippen molar-refractivity contribution in [2.45, 2.75) is 26.9 Å². The van der Waals surface area contributed by atoms with Gasteiger partial charge in [-0.05, 0) is 37.1 Å². The fourth-order valence-electron chi connectivity index (χ4n) is 2.07. The first-order valence-corrected chi connectivity index (χ1v) is 6.12. The number of nitrogens with zero attached hydrogens (tertiary/aromatic N) is 2. The molecule has 1 aromatic carbocycles. The van der Waals surface area contributed by atoms with E-state index >= 15 is 0 Å². The van der Waals surface area contributed by atoms with E-state index in [4.69, 9.17) is 0 Å². The summed E-state index contributed by atoms with van der Waals surface area (Å²) in [5.41, 5.74) is 5.88. The van der Waals surface area contributed by atoms with Crippen molar-refractivity contribution in [1.82, 2.24) is 15.3 Å². The summed E-state index contributed by atoms with van der Waals surface area (Å²) in [7, 11) is 0. The zero-order valence-electron chi connectivity index (χ0n) is 10.6. The number of rotatable bonds is 2. The molecule has 2 heterocycles. The Bertz CT molecular complexity index is 592. The van der Waals surface area contributed by atoms with E-state index in [0.29, 0.717) is 5.95 Å². The van der Waals surface area contributed by atoms with Crippen LogP contribution in [0.4, 0.5) is 11.6 Å². The Balaban J connectivity index is 1.85. The topological polar surface area (TPSA) is 49.8 Å². The van der Waals surface area contributed by atoms with Gasteiger partial charge in [0.15, 0.2) is 0 Å². The summed E-state index contributed by atoms with van der Waals surface area (Å²) in [6.07, 6.45) is 1.89. The summed E-state index contributed by atoms with van der Waals surface area (Å²) in [5, 5.41) is 6.52. The summed E-state index contributed by atoms with van der Waals surface area (Å²) >= 11 is 0. The van der Waals surface area contributed by atoms with Gasteiger partial charge < -0.3 is 10.6 Å². The van der Waals surface area contributed by atoms with Gasteiger partial charge in [0.2, 0.25) is 5.95 Å². The Kier molecular flexibility index (Phi) is 2.72. The van der Waals surface area contributed by atoms with E-state index in [2.05, 4.69) is 52.6 Å². The maximum atomic E-state index is 4.52. The maximum absolute atomic E-state index is 4.52. The van der Waals surface area contributed by atoms with Gasteiger partial charge in [-0.3, -0.25) is 0 Å². The normalized spacial score (nSPS) is 13.4. The Labute approximate surface area is 106 Å². The molecule has 18 heavy (non-hydrogen) atoms. The average molecular weight is 240 g/mol. The van der Waals surface area contributed by atoms with Gasteiger partial charge in [0, 0.05) is 30.5 Å². The van der Waals surface area contributed by atoms with Crippen LogP contribution in [0, 0.1) is 13.8 Å². The molecular weight excluding hydrogens is 224 g/mol. The van der Waals surface area contributed by atoms with E-state index in [-0.39, 0.29) is 0 Å². The predicted octanol–water partition coefficient (Wildman–Crippen LogP) is 2.44. The van der Waals surface area contributed by atoms with E-state index in [1.54, 1.807) is 0 Å². The molecule has 1 aliphatic heterocycles. The molecule has 4 heteroatoms. The molecule has 0 atom stereocenters. The summed E-state index contributed by atoms with van der Waals surface area (Å²) in [5.74, 6) is 0.667. The fraction of sp³-hybridized carbons (Fsp3) is 0.286. The molecular formula is C14H16N4. The Morgan fingerprint density at radius 3 is 2.89 bits per heavy atom. The molecule has 0 fully saturated rings. The van der Waals surface area contributed by atoms with Crippen molar-refractivity contribution in [2.24, 2.45) is 0 Å². The number of aryl methyl sites for hydroxylation is 2. The SMILES string of the molecule is Cc1ccc(Nc2ncc3c(n2)CNC3)cc1C. The van der Waals surface area contributed by atoms with Crippen molar-refractivity contribution >= 4 is 11.6 Å². The summed E-state index contributed by atoms with van der Waals surface area (Å²) in [6.45, 7) is 5.92. The number of nitrogens with one attached hydrogen (secondary N) is 2. The van der Waals surface area contributed by atoms with Crippen LogP contribution in [0.3, 0.4) is 0 Å². The molecule has 92 valence electrons. The minimum atomic E-state index is 0.667. The van der Waals surface area contributed by atoms with Crippen molar-refractivity contribution in [1.29, 1.82) is 0 Å². The number of hydrogen-bond donors (Lipinski definition) is 2. The second-order valence-corrected chi connectivity index (χ2v) is 4.69. The Hall–Kier alpha value is -1.94. The van der Waals surface area contributed by atoms with Gasteiger partial charge in [-0.25, -0.2) is 9.97 Å². The number of hydrogen-bond acceptors (Lipinski definition) is 4. The fourth-order valence-corrected chi connectivity index (χ4v) is 2.07. The second-order valence-electron chi connectivity index (χ2n) is 4.69. The molecule has 0 amide bonds. The predicted molar refractivity (Wildman–Crippen MR) is 71.8 cm³/mol. The smallest absolute Gasteiger partial charge is 0.227 e. The number of benzene rings is 1. The van der Waals surface area contributed by atoms with Gasteiger partial charge in [-0.15, -0.1) is 0 Å². The first-order valence-electron chi connectivity index (χ1n) is 6.12. The second kappa shape index (κ2) is 4.38. The minimum Gasteiger partial charge on any atom is -0.324 e. The quantitative estimate of drug-likeness (QED) is 0.846. The molecule has 0 saturated carbocycles. The average Bonchev–Trinajstić information content (AvgIpc) is 2.81. The van der Waals surface area contributed by atoms with Crippen LogP contribution in [0.5, 0.6) is 0 Å². The van der Waals surface area contributed by atoms with E-state index in [0.717, 1.165) is 24.5 Å². The standard InChI is InChI=1S/C14H16N4/c1-9-3-4-12(5-10(9)2)17-14-16-7-11-6-15-8-13(11)18-14/h3-5,7,15H,6,8H2,1-2H3,(H,16,17,18). The van der Waals surface area contributed by atoms with Crippen molar-refractivity contribution in [2.75, 3.05) is 5.32 Å². The van der Waals surface area contributed by atoms with Gasteiger partial charge in [-0.1, -0.05) is 6.07 Å². The molecule has 0 radical (unpaired) electrons. The molecule has 0 aliphatic carbocycles. The molecule has 2 aromatic rings. The van der Waals surface area contributed by atoms with Crippen LogP contribution >= 0.6 is 0 Å². The third-order valence-corrected chi connectivity index (χ3v) is 3.33. The number of anilines is 2. The minimum absolute atomic E-state index is 0.667. The third kappa shape index (κ3) is 2.07. The Morgan fingerprint density at radius 2 is 2.06 bits per heavy atom. The van der Waals surface area contributed by atoms with E-state index in [9.17, 15) is 0 Å². The highest BCUT2D eigenvalue weighted by atomic mass is 15.1. The van der Waals surface area contributed by atoms with Gasteiger partial charge in [0.1, 0.15) is 0 Å². The molecule has 0 bridgehead atoms. The zero-order valence-corrected chi connectivity index (χ0v) is 10.6. The van der Waals surface area contributed by atoms with Gasteiger partial charge in [-0.2, -0.15) is 0 Å². The highest BCUT2D eigenvalue weighted by Crippen LogP contribution is 2.19. The third-order valence-electron chi connectivity index (χ3n) is 3.33. The van der Waals surface area contributed by atoms with Crippen molar-refractivity contribution in [3.8, 4) is 0 Å². The molecule has 2 N–H and O–H groups in total. The summed E-state index contributed by atoms with van der Waals surface area (Å²) < 4.78 is 0. The largest absolute Gasteiger partial charge is 0.324 e. The van der Waals surface area contributed by atoms with Crippen molar-refractivity contribution in [3.05, 3.63) is 46.8 Å². The molecule has 0 unspecified atom stereocenters. The van der Waals surface area contributed by atoms with Crippen LogP contribution < -0.4 is 10.6 Å². The molecule has 1 aromatic heterocycles. The van der Waals surface area contributed by atoms with Crippen LogP contribution in [-0.2, 0) is 13.1 Å². The van der Waals surface area contributed by atoms with E-state index in [1.165, 1.54) is 16.7 Å². The lowest BCUT2D eigenvalue weighted by Crippen LogP contribution is -2.01. The molecule has 1 aliphatic rings. The van der Waals surface area contributed by atoms with Gasteiger partial charge in [0.05, 0.1) is 5.69 Å². The maximum Gasteiger partial charge on any atom is 0.227 e. The zero-order chi connectivity index (χ0) is 12.5. The number of fused-ring (bicyclic) bond motifs is 1. The van der Waals surface area contributed by atoms with Crippen LogP contribution in [0.25, 0.3) is 0 Å². The van der Waals surface area contributed by atoms with Crippen LogP contribution in [0.15, 0.2) is 24.4 Å². The highest BCUT2D eigenvalue weighted by molar-refractivity contribution is 5.55. The van der Waals surface area contributed by atoms with Gasteiger partial charge in [0.25, 0.3) is 0 Å². The van der Waals surface area contributed by atoms with Gasteiger partial charge >= 0.3 is 0 Å².